The molecular weight excluding hydrogens is 388 g/mol. The van der Waals surface area contributed by atoms with Crippen molar-refractivity contribution in [3.05, 3.63) is 47.9 Å². The lowest BCUT2D eigenvalue weighted by Crippen LogP contribution is -2.48. The quantitative estimate of drug-likeness (QED) is 0.676. The normalized spacial score (nSPS) is 16.7. The number of hydrogen-bond acceptors (Lipinski definition) is 6. The molecule has 2 aromatic rings. The molecule has 0 spiro atoms. The number of benzene rings is 1. The van der Waals surface area contributed by atoms with Crippen molar-refractivity contribution in [2.24, 2.45) is 0 Å². The first-order chi connectivity index (χ1) is 14.5. The van der Waals surface area contributed by atoms with E-state index in [2.05, 4.69) is 5.32 Å². The molecule has 0 bridgehead atoms. The third-order valence-electron chi connectivity index (χ3n) is 5.17. The third-order valence-corrected chi connectivity index (χ3v) is 5.17. The number of amides is 2. The van der Waals surface area contributed by atoms with E-state index in [4.69, 9.17) is 18.6 Å². The van der Waals surface area contributed by atoms with E-state index in [1.165, 1.54) is 25.4 Å². The molecule has 0 aliphatic carbocycles. The van der Waals surface area contributed by atoms with E-state index >= 15 is 0 Å². The highest BCUT2D eigenvalue weighted by atomic mass is 16.5. The molecule has 162 valence electrons. The van der Waals surface area contributed by atoms with Crippen molar-refractivity contribution in [3.8, 4) is 11.5 Å². The van der Waals surface area contributed by atoms with Crippen molar-refractivity contribution in [3.63, 3.8) is 0 Å². The van der Waals surface area contributed by atoms with Gasteiger partial charge in [-0.2, -0.15) is 0 Å². The topological polar surface area (TPSA) is 90.2 Å². The van der Waals surface area contributed by atoms with Crippen LogP contribution in [0.2, 0.25) is 0 Å². The summed E-state index contributed by atoms with van der Waals surface area (Å²) >= 11 is 0. The van der Waals surface area contributed by atoms with Crippen LogP contribution in [0.25, 0.3) is 0 Å². The van der Waals surface area contributed by atoms with Crippen LogP contribution in [0.1, 0.15) is 35.9 Å². The molecule has 1 aromatic carbocycles. The molecule has 3 rings (SSSR count). The van der Waals surface area contributed by atoms with Crippen molar-refractivity contribution in [1.82, 2.24) is 10.2 Å². The summed E-state index contributed by atoms with van der Waals surface area (Å²) in [5.74, 6) is 0.992. The molecule has 0 unspecified atom stereocenters. The van der Waals surface area contributed by atoms with E-state index in [1.54, 1.807) is 37.3 Å². The van der Waals surface area contributed by atoms with Crippen LogP contribution < -0.4 is 14.8 Å². The van der Waals surface area contributed by atoms with Crippen LogP contribution in [0, 0.1) is 0 Å². The van der Waals surface area contributed by atoms with Gasteiger partial charge in [-0.05, 0) is 50.1 Å². The van der Waals surface area contributed by atoms with Gasteiger partial charge in [-0.15, -0.1) is 0 Å². The molecule has 8 nitrogen and oxygen atoms in total. The highest BCUT2D eigenvalue weighted by molar-refractivity contribution is 5.98. The molecule has 8 heteroatoms. The number of carbonyl (C=O) groups is 2. The lowest BCUT2D eigenvalue weighted by Gasteiger charge is -2.28. The standard InChI is InChI=1S/C22H28N2O6/c1-15(21(25)23-13-17-6-4-10-29-17)24(14-18-7-5-11-30-18)22(26)16-8-9-19(27-2)20(12-16)28-3/h5,7-9,11-12,15,17H,4,6,10,13-14H2,1-3H3,(H,23,25)/t15-,17-/m1/s1. The Morgan fingerprint density at radius 3 is 2.67 bits per heavy atom. The Labute approximate surface area is 176 Å². The Morgan fingerprint density at radius 2 is 2.03 bits per heavy atom. The maximum Gasteiger partial charge on any atom is 0.255 e. The monoisotopic (exact) mass is 416 g/mol. The molecule has 2 amide bonds. The fraction of sp³-hybridized carbons (Fsp3) is 0.455. The number of nitrogens with zero attached hydrogens (tertiary/aromatic N) is 1. The zero-order chi connectivity index (χ0) is 21.5. The van der Waals surface area contributed by atoms with Crippen LogP contribution in [0.5, 0.6) is 11.5 Å². The summed E-state index contributed by atoms with van der Waals surface area (Å²) < 4.78 is 21.5. The first-order valence-corrected chi connectivity index (χ1v) is 9.98. The van der Waals surface area contributed by atoms with Gasteiger partial charge in [-0.1, -0.05) is 0 Å². The van der Waals surface area contributed by atoms with E-state index in [0.717, 1.165) is 19.4 Å². The van der Waals surface area contributed by atoms with E-state index in [9.17, 15) is 9.59 Å². The van der Waals surface area contributed by atoms with Crippen LogP contribution in [0.4, 0.5) is 0 Å². The molecule has 1 aliphatic heterocycles. The van der Waals surface area contributed by atoms with Gasteiger partial charge in [0.05, 0.1) is 33.1 Å². The molecule has 1 aromatic heterocycles. The second-order valence-electron chi connectivity index (χ2n) is 7.14. The maximum atomic E-state index is 13.3. The number of carbonyl (C=O) groups excluding carboxylic acids is 2. The molecule has 1 aliphatic rings. The predicted molar refractivity (Wildman–Crippen MR) is 110 cm³/mol. The van der Waals surface area contributed by atoms with Gasteiger partial charge >= 0.3 is 0 Å². The van der Waals surface area contributed by atoms with Gasteiger partial charge in [0.2, 0.25) is 5.91 Å². The second kappa shape index (κ2) is 10.2. The second-order valence-corrected chi connectivity index (χ2v) is 7.14. The maximum absolute atomic E-state index is 13.3. The molecule has 30 heavy (non-hydrogen) atoms. The van der Waals surface area contributed by atoms with Crippen LogP contribution in [-0.2, 0) is 16.1 Å². The molecule has 1 fully saturated rings. The summed E-state index contributed by atoms with van der Waals surface area (Å²) in [6.07, 6.45) is 3.49. The van der Waals surface area contributed by atoms with E-state index in [0.29, 0.717) is 29.4 Å². The Bertz CT molecular complexity index is 845. The van der Waals surface area contributed by atoms with Crippen molar-refractivity contribution in [2.75, 3.05) is 27.4 Å². The van der Waals surface area contributed by atoms with Gasteiger partial charge in [0, 0.05) is 18.7 Å². The van der Waals surface area contributed by atoms with Crippen LogP contribution in [0.3, 0.4) is 0 Å². The van der Waals surface area contributed by atoms with Crippen molar-refractivity contribution >= 4 is 11.8 Å². The minimum Gasteiger partial charge on any atom is -0.493 e. The number of furan rings is 1. The number of nitrogens with one attached hydrogen (secondary N) is 1. The Kier molecular flexibility index (Phi) is 7.35. The van der Waals surface area contributed by atoms with Gasteiger partial charge < -0.3 is 28.8 Å². The summed E-state index contributed by atoms with van der Waals surface area (Å²) in [6, 6.07) is 7.72. The summed E-state index contributed by atoms with van der Waals surface area (Å²) in [7, 11) is 3.04. The average Bonchev–Trinajstić information content (AvgIpc) is 3.48. The predicted octanol–water partition coefficient (Wildman–Crippen LogP) is 2.62. The molecule has 2 atom stereocenters. The number of rotatable bonds is 9. The molecule has 1 N–H and O–H groups in total. The summed E-state index contributed by atoms with van der Waals surface area (Å²) in [6.45, 7) is 3.02. The average molecular weight is 416 g/mol. The van der Waals surface area contributed by atoms with Gasteiger partial charge in [-0.3, -0.25) is 9.59 Å². The van der Waals surface area contributed by atoms with Gasteiger partial charge in [0.15, 0.2) is 11.5 Å². The van der Waals surface area contributed by atoms with E-state index in [1.807, 2.05) is 0 Å². The van der Waals surface area contributed by atoms with Crippen LogP contribution >= 0.6 is 0 Å². The number of methoxy groups -OCH3 is 2. The Hall–Kier alpha value is -3.00. The molecular formula is C22H28N2O6. The SMILES string of the molecule is COc1ccc(C(=O)N(Cc2ccco2)[C@H](C)C(=O)NC[C@H]2CCCO2)cc1OC. The van der Waals surface area contributed by atoms with Crippen molar-refractivity contribution in [1.29, 1.82) is 0 Å². The number of hydrogen-bond donors (Lipinski definition) is 1. The Morgan fingerprint density at radius 1 is 1.23 bits per heavy atom. The summed E-state index contributed by atoms with van der Waals surface area (Å²) in [5.41, 5.74) is 0.387. The largest absolute Gasteiger partial charge is 0.493 e. The van der Waals surface area contributed by atoms with Gasteiger partial charge in [0.1, 0.15) is 11.8 Å². The zero-order valence-electron chi connectivity index (χ0n) is 17.6. The molecule has 1 saturated heterocycles. The lowest BCUT2D eigenvalue weighted by molar-refractivity contribution is -0.125. The minimum absolute atomic E-state index is 0.0289. The first kappa shape index (κ1) is 21.7. The van der Waals surface area contributed by atoms with Crippen LogP contribution in [0.15, 0.2) is 41.0 Å². The molecule has 0 saturated carbocycles. The van der Waals surface area contributed by atoms with Crippen molar-refractivity contribution in [2.45, 2.75) is 38.5 Å². The smallest absolute Gasteiger partial charge is 0.255 e. The lowest BCUT2D eigenvalue weighted by atomic mass is 10.1. The van der Waals surface area contributed by atoms with Crippen LogP contribution in [-0.4, -0.2) is 56.2 Å². The van der Waals surface area contributed by atoms with E-state index < -0.39 is 6.04 Å². The zero-order valence-corrected chi connectivity index (χ0v) is 17.6. The first-order valence-electron chi connectivity index (χ1n) is 9.98. The fourth-order valence-corrected chi connectivity index (χ4v) is 3.40. The summed E-state index contributed by atoms with van der Waals surface area (Å²) in [4.78, 5) is 27.6. The molecule has 0 radical (unpaired) electrons. The van der Waals surface area contributed by atoms with Crippen molar-refractivity contribution < 1.29 is 28.2 Å². The third kappa shape index (κ3) is 5.13. The fourth-order valence-electron chi connectivity index (χ4n) is 3.40. The highest BCUT2D eigenvalue weighted by Crippen LogP contribution is 2.28. The summed E-state index contributed by atoms with van der Waals surface area (Å²) in [5, 5.41) is 2.90. The minimum atomic E-state index is -0.711. The van der Waals surface area contributed by atoms with Gasteiger partial charge in [0.25, 0.3) is 5.91 Å². The molecule has 2 heterocycles. The van der Waals surface area contributed by atoms with Gasteiger partial charge in [-0.25, -0.2) is 0 Å². The highest BCUT2D eigenvalue weighted by Gasteiger charge is 2.29. The van der Waals surface area contributed by atoms with E-state index in [-0.39, 0.29) is 24.5 Å². The number of ether oxygens (including phenoxy) is 3. The Balaban J connectivity index is 1.78.